The van der Waals surface area contributed by atoms with Gasteiger partial charge in [0.05, 0.1) is 16.8 Å². The minimum atomic E-state index is -0.188. The van der Waals surface area contributed by atoms with Crippen LogP contribution in [0.3, 0.4) is 0 Å². The number of halogens is 1. The van der Waals surface area contributed by atoms with Gasteiger partial charge in [-0.3, -0.25) is 9.36 Å². The second kappa shape index (κ2) is 7.48. The maximum absolute atomic E-state index is 13.0. The predicted octanol–water partition coefficient (Wildman–Crippen LogP) is 3.30. The Morgan fingerprint density at radius 3 is 2.54 bits per heavy atom. The molecular weight excluding hydrogens is 396 g/mol. The summed E-state index contributed by atoms with van der Waals surface area (Å²) >= 11 is 7.29. The molecule has 2 aromatic heterocycles. The number of nitrogens with two attached hydrogens (primary N) is 2. The lowest BCUT2D eigenvalue weighted by molar-refractivity contribution is 0.225. The van der Waals surface area contributed by atoms with Crippen LogP contribution in [0.2, 0.25) is 5.15 Å². The third-order valence-corrected chi connectivity index (χ3v) is 7.60. The van der Waals surface area contributed by atoms with Crippen LogP contribution in [0.15, 0.2) is 26.8 Å². The first kappa shape index (κ1) is 19.4. The molecular formula is C19H25ClN6OS. The van der Waals surface area contributed by atoms with E-state index in [-0.39, 0.29) is 16.5 Å². The highest BCUT2D eigenvalue weighted by Gasteiger charge is 2.37. The number of hydrogen-bond acceptors (Lipinski definition) is 7. The van der Waals surface area contributed by atoms with Crippen molar-refractivity contribution in [3.05, 3.63) is 27.8 Å². The molecule has 7 nitrogen and oxygen atoms in total. The fourth-order valence-corrected chi connectivity index (χ4v) is 5.54. The number of hydrogen-bond donors (Lipinski definition) is 2. The molecule has 1 aliphatic heterocycles. The molecule has 0 aromatic carbocycles. The second-order valence-corrected chi connectivity index (χ2v) is 9.25. The lowest BCUT2D eigenvalue weighted by Gasteiger charge is -2.40. The summed E-state index contributed by atoms with van der Waals surface area (Å²) in [4.78, 5) is 24.7. The maximum Gasteiger partial charge on any atom is 0.270 e. The molecule has 150 valence electrons. The smallest absolute Gasteiger partial charge is 0.270 e. The van der Waals surface area contributed by atoms with Crippen LogP contribution in [0, 0.1) is 5.41 Å². The van der Waals surface area contributed by atoms with Crippen LogP contribution in [0.5, 0.6) is 0 Å². The number of nitrogens with zero attached hydrogens (tertiary/aromatic N) is 4. The normalized spacial score (nSPS) is 18.7. The van der Waals surface area contributed by atoms with E-state index >= 15 is 0 Å². The summed E-state index contributed by atoms with van der Waals surface area (Å²) in [6, 6.07) is 1.68. The van der Waals surface area contributed by atoms with Crippen molar-refractivity contribution in [1.29, 1.82) is 0 Å². The molecule has 0 bridgehead atoms. The Labute approximate surface area is 173 Å². The number of nitrogen functional groups attached to an aromatic ring is 2. The molecule has 1 spiro atoms. The van der Waals surface area contributed by atoms with Gasteiger partial charge in [-0.1, -0.05) is 36.2 Å². The Bertz CT molecular complexity index is 946. The van der Waals surface area contributed by atoms with E-state index in [9.17, 15) is 4.79 Å². The molecule has 1 aliphatic carbocycles. The third kappa shape index (κ3) is 3.55. The topological polar surface area (TPSA) is 103 Å². The monoisotopic (exact) mass is 420 g/mol. The summed E-state index contributed by atoms with van der Waals surface area (Å²) in [5, 5.41) is 0.280. The maximum atomic E-state index is 13.0. The minimum absolute atomic E-state index is 0.188. The number of aromatic nitrogens is 3. The fraction of sp³-hybridized carbons (Fsp3) is 0.526. The average molecular weight is 421 g/mol. The first-order chi connectivity index (χ1) is 13.4. The zero-order valence-electron chi connectivity index (χ0n) is 15.9. The first-order valence-electron chi connectivity index (χ1n) is 9.59. The summed E-state index contributed by atoms with van der Waals surface area (Å²) < 4.78 is 1.58. The lowest BCUT2D eigenvalue weighted by atomic mass is 9.77. The van der Waals surface area contributed by atoms with Gasteiger partial charge in [0.25, 0.3) is 5.56 Å². The predicted molar refractivity (Wildman–Crippen MR) is 114 cm³/mol. The molecule has 4 N–H and O–H groups in total. The van der Waals surface area contributed by atoms with Crippen LogP contribution in [-0.2, 0) is 7.05 Å². The molecule has 2 aliphatic rings. The van der Waals surface area contributed by atoms with Crippen molar-refractivity contribution in [2.75, 3.05) is 29.5 Å². The quantitative estimate of drug-likeness (QED) is 0.734. The highest BCUT2D eigenvalue weighted by Crippen LogP contribution is 2.46. The molecule has 1 saturated carbocycles. The van der Waals surface area contributed by atoms with Crippen LogP contribution in [0.1, 0.15) is 38.5 Å². The minimum Gasteiger partial charge on any atom is -0.397 e. The number of anilines is 3. The summed E-state index contributed by atoms with van der Waals surface area (Å²) in [5.74, 6) is 0.847. The molecule has 0 radical (unpaired) electrons. The van der Waals surface area contributed by atoms with Gasteiger partial charge < -0.3 is 16.4 Å². The van der Waals surface area contributed by atoms with Crippen molar-refractivity contribution in [3.8, 4) is 0 Å². The summed E-state index contributed by atoms with van der Waals surface area (Å²) in [6.07, 6.45) is 9.14. The third-order valence-electron chi connectivity index (χ3n) is 6.06. The van der Waals surface area contributed by atoms with Gasteiger partial charge in [0.15, 0.2) is 0 Å². The van der Waals surface area contributed by atoms with Gasteiger partial charge in [-0.2, -0.15) is 4.98 Å². The van der Waals surface area contributed by atoms with E-state index in [1.165, 1.54) is 31.9 Å². The van der Waals surface area contributed by atoms with Crippen LogP contribution in [-0.4, -0.2) is 27.6 Å². The Morgan fingerprint density at radius 2 is 1.86 bits per heavy atom. The Kier molecular flexibility index (Phi) is 5.18. The molecule has 9 heteroatoms. The zero-order chi connectivity index (χ0) is 19.9. The van der Waals surface area contributed by atoms with E-state index in [0.717, 1.165) is 37.7 Å². The molecule has 28 heavy (non-hydrogen) atoms. The van der Waals surface area contributed by atoms with Gasteiger partial charge in [-0.15, -0.1) is 0 Å². The molecule has 0 unspecified atom stereocenters. The number of rotatable bonds is 3. The van der Waals surface area contributed by atoms with E-state index in [1.807, 2.05) is 0 Å². The largest absolute Gasteiger partial charge is 0.397 e. The van der Waals surface area contributed by atoms with Gasteiger partial charge >= 0.3 is 0 Å². The average Bonchev–Trinajstić information content (AvgIpc) is 3.13. The molecule has 1 saturated heterocycles. The standard InChI is InChI=1S/C19H25ClN6OS/c1-25-17(27)14(28-13-10-12(21)11-23-15(13)20)16(22)24-18(25)26-8-6-19(7-9-26)4-2-3-5-19/h10-11H,2-9,21-22H2,1H3. The van der Waals surface area contributed by atoms with Crippen molar-refractivity contribution < 1.29 is 0 Å². The highest BCUT2D eigenvalue weighted by atomic mass is 35.5. The van der Waals surface area contributed by atoms with Crippen LogP contribution >= 0.6 is 23.4 Å². The zero-order valence-corrected chi connectivity index (χ0v) is 17.5. The van der Waals surface area contributed by atoms with Crippen molar-refractivity contribution >= 4 is 40.8 Å². The van der Waals surface area contributed by atoms with E-state index in [4.69, 9.17) is 23.1 Å². The Hall–Kier alpha value is -1.93. The highest BCUT2D eigenvalue weighted by molar-refractivity contribution is 7.99. The number of pyridine rings is 1. The van der Waals surface area contributed by atoms with Gasteiger partial charge in [0, 0.05) is 20.1 Å². The molecule has 2 aromatic rings. The van der Waals surface area contributed by atoms with Gasteiger partial charge in [-0.25, -0.2) is 4.98 Å². The Morgan fingerprint density at radius 1 is 1.18 bits per heavy atom. The SMILES string of the molecule is Cn1c(N2CCC3(CCCC3)CC2)nc(N)c(Sc2cc(N)cnc2Cl)c1=O. The molecule has 0 atom stereocenters. The molecule has 2 fully saturated rings. The van der Waals surface area contributed by atoms with Crippen LogP contribution in [0.25, 0.3) is 0 Å². The van der Waals surface area contributed by atoms with Crippen molar-refractivity contribution in [2.24, 2.45) is 12.5 Å². The second-order valence-electron chi connectivity index (χ2n) is 7.84. The van der Waals surface area contributed by atoms with Gasteiger partial charge in [0.2, 0.25) is 5.95 Å². The fourth-order valence-electron chi connectivity index (χ4n) is 4.40. The first-order valence-corrected chi connectivity index (χ1v) is 10.8. The van der Waals surface area contributed by atoms with E-state index < -0.39 is 0 Å². The van der Waals surface area contributed by atoms with E-state index in [1.54, 1.807) is 17.7 Å². The van der Waals surface area contributed by atoms with Crippen molar-refractivity contribution in [3.63, 3.8) is 0 Å². The van der Waals surface area contributed by atoms with Gasteiger partial charge in [-0.05, 0) is 37.2 Å². The van der Waals surface area contributed by atoms with Crippen LogP contribution < -0.4 is 21.9 Å². The molecule has 3 heterocycles. The molecule has 4 rings (SSSR count). The lowest BCUT2D eigenvalue weighted by Crippen LogP contribution is -2.42. The summed E-state index contributed by atoms with van der Waals surface area (Å²) in [5.41, 5.74) is 12.8. The van der Waals surface area contributed by atoms with Crippen LogP contribution in [0.4, 0.5) is 17.5 Å². The van der Waals surface area contributed by atoms with Crippen molar-refractivity contribution in [1.82, 2.24) is 14.5 Å². The Balaban J connectivity index is 1.60. The summed E-state index contributed by atoms with van der Waals surface area (Å²) in [7, 11) is 1.74. The number of piperidine rings is 1. The van der Waals surface area contributed by atoms with Gasteiger partial charge in [0.1, 0.15) is 15.9 Å². The van der Waals surface area contributed by atoms with Crippen molar-refractivity contribution in [2.45, 2.75) is 48.3 Å². The van der Waals surface area contributed by atoms with E-state index in [2.05, 4.69) is 14.9 Å². The molecule has 0 amide bonds. The van der Waals surface area contributed by atoms with E-state index in [0.29, 0.717) is 26.8 Å². The summed E-state index contributed by atoms with van der Waals surface area (Å²) in [6.45, 7) is 1.83.